The van der Waals surface area contributed by atoms with E-state index in [1.54, 1.807) is 0 Å². The zero-order chi connectivity index (χ0) is 11.5. The number of hydrogen-bond donors (Lipinski definition) is 2. The summed E-state index contributed by atoms with van der Waals surface area (Å²) in [5.74, 6) is 1.60. The number of hydrogen-bond acceptors (Lipinski definition) is 3. The normalized spacial score (nSPS) is 11.3. The molecule has 0 aromatic carbocycles. The van der Waals surface area contributed by atoms with Crippen molar-refractivity contribution in [1.82, 2.24) is 4.98 Å². The maximum atomic E-state index is 5.99. The molecule has 0 aliphatic carbocycles. The van der Waals surface area contributed by atoms with Gasteiger partial charge in [0.2, 0.25) is 0 Å². The molecule has 0 radical (unpaired) electrons. The van der Waals surface area contributed by atoms with Gasteiger partial charge in [0.1, 0.15) is 11.6 Å². The Labute approximate surface area is 96.2 Å². The van der Waals surface area contributed by atoms with Crippen LogP contribution >= 0.6 is 11.6 Å². The standard InChI is InChI=1S/C11H18ClN3/c1-5-13-9-6-8(12)7-10(14-9)15-11(2,3)4/h6-7H,5H2,1-4H3,(H2,13,14,15). The first-order valence-corrected chi connectivity index (χ1v) is 5.48. The maximum Gasteiger partial charge on any atom is 0.130 e. The topological polar surface area (TPSA) is 37.0 Å². The number of nitrogens with zero attached hydrogens (tertiary/aromatic N) is 1. The van der Waals surface area contributed by atoms with Crippen molar-refractivity contribution in [2.24, 2.45) is 0 Å². The molecule has 0 bridgehead atoms. The van der Waals surface area contributed by atoms with Gasteiger partial charge in [-0.3, -0.25) is 0 Å². The molecule has 0 amide bonds. The van der Waals surface area contributed by atoms with Crippen LogP contribution in [0.5, 0.6) is 0 Å². The molecule has 2 N–H and O–H groups in total. The highest BCUT2D eigenvalue weighted by molar-refractivity contribution is 6.31. The Kier molecular flexibility index (Phi) is 3.80. The Morgan fingerprint density at radius 1 is 1.27 bits per heavy atom. The summed E-state index contributed by atoms with van der Waals surface area (Å²) >= 11 is 5.99. The zero-order valence-corrected chi connectivity index (χ0v) is 10.4. The fraction of sp³-hybridized carbons (Fsp3) is 0.545. The average molecular weight is 228 g/mol. The minimum Gasteiger partial charge on any atom is -0.370 e. The lowest BCUT2D eigenvalue weighted by atomic mass is 10.1. The highest BCUT2D eigenvalue weighted by atomic mass is 35.5. The van der Waals surface area contributed by atoms with E-state index in [1.165, 1.54) is 0 Å². The van der Waals surface area contributed by atoms with Crippen molar-refractivity contribution in [3.8, 4) is 0 Å². The molecule has 0 aliphatic rings. The van der Waals surface area contributed by atoms with Crippen molar-refractivity contribution in [3.63, 3.8) is 0 Å². The Hall–Kier alpha value is -0.960. The van der Waals surface area contributed by atoms with Crippen LogP contribution < -0.4 is 10.6 Å². The van der Waals surface area contributed by atoms with Crippen molar-refractivity contribution in [3.05, 3.63) is 17.2 Å². The molecule has 15 heavy (non-hydrogen) atoms. The second-order valence-electron chi connectivity index (χ2n) is 4.46. The summed E-state index contributed by atoms with van der Waals surface area (Å²) in [6, 6.07) is 3.65. The predicted molar refractivity (Wildman–Crippen MR) is 66.8 cm³/mol. The quantitative estimate of drug-likeness (QED) is 0.832. The van der Waals surface area contributed by atoms with E-state index in [-0.39, 0.29) is 5.54 Å². The number of anilines is 2. The van der Waals surface area contributed by atoms with Crippen molar-refractivity contribution in [2.45, 2.75) is 33.2 Å². The van der Waals surface area contributed by atoms with Gasteiger partial charge in [0.15, 0.2) is 0 Å². The van der Waals surface area contributed by atoms with Crippen LogP contribution in [0.25, 0.3) is 0 Å². The third kappa shape index (κ3) is 4.38. The third-order valence-electron chi connectivity index (χ3n) is 1.65. The molecule has 84 valence electrons. The molecule has 1 aromatic heterocycles. The Balaban J connectivity index is 2.88. The summed E-state index contributed by atoms with van der Waals surface area (Å²) in [5, 5.41) is 7.11. The molecule has 1 rings (SSSR count). The van der Waals surface area contributed by atoms with Gasteiger partial charge < -0.3 is 10.6 Å². The van der Waals surface area contributed by atoms with Crippen LogP contribution in [0.4, 0.5) is 11.6 Å². The monoisotopic (exact) mass is 227 g/mol. The molecule has 0 fully saturated rings. The average Bonchev–Trinajstić information content (AvgIpc) is 1.99. The van der Waals surface area contributed by atoms with E-state index in [0.717, 1.165) is 18.2 Å². The Morgan fingerprint density at radius 3 is 2.40 bits per heavy atom. The molecule has 0 unspecified atom stereocenters. The molecule has 3 nitrogen and oxygen atoms in total. The SMILES string of the molecule is CCNc1cc(Cl)cc(NC(C)(C)C)n1. The molecule has 0 spiro atoms. The van der Waals surface area contributed by atoms with Crippen LogP contribution in [0.15, 0.2) is 12.1 Å². The zero-order valence-electron chi connectivity index (χ0n) is 9.69. The van der Waals surface area contributed by atoms with Gasteiger partial charge in [0, 0.05) is 17.1 Å². The van der Waals surface area contributed by atoms with Crippen molar-refractivity contribution < 1.29 is 0 Å². The molecule has 0 atom stereocenters. The predicted octanol–water partition coefficient (Wildman–Crippen LogP) is 3.38. The lowest BCUT2D eigenvalue weighted by Crippen LogP contribution is -2.26. The lowest BCUT2D eigenvalue weighted by molar-refractivity contribution is 0.630. The minimum absolute atomic E-state index is 0.0127. The first-order chi connectivity index (χ1) is 6.90. The lowest BCUT2D eigenvalue weighted by Gasteiger charge is -2.21. The van der Waals surface area contributed by atoms with Crippen LogP contribution in [0, 0.1) is 0 Å². The first-order valence-electron chi connectivity index (χ1n) is 5.10. The molecule has 0 aliphatic heterocycles. The maximum absolute atomic E-state index is 5.99. The smallest absolute Gasteiger partial charge is 0.130 e. The Bertz CT molecular complexity index is 331. The van der Waals surface area contributed by atoms with E-state index in [9.17, 15) is 0 Å². The first kappa shape index (κ1) is 12.1. The number of pyridine rings is 1. The number of rotatable bonds is 3. The summed E-state index contributed by atoms with van der Waals surface area (Å²) in [5.41, 5.74) is -0.0127. The molecule has 1 aromatic rings. The molecule has 0 saturated carbocycles. The van der Waals surface area contributed by atoms with E-state index in [4.69, 9.17) is 11.6 Å². The number of halogens is 1. The van der Waals surface area contributed by atoms with E-state index in [1.807, 2.05) is 19.1 Å². The fourth-order valence-electron chi connectivity index (χ4n) is 1.22. The Morgan fingerprint density at radius 2 is 1.87 bits per heavy atom. The van der Waals surface area contributed by atoms with Gasteiger partial charge in [0.25, 0.3) is 0 Å². The van der Waals surface area contributed by atoms with Gasteiger partial charge in [-0.1, -0.05) is 11.6 Å². The van der Waals surface area contributed by atoms with E-state index in [0.29, 0.717) is 5.02 Å². The minimum atomic E-state index is -0.0127. The van der Waals surface area contributed by atoms with Crippen LogP contribution in [-0.4, -0.2) is 17.1 Å². The second kappa shape index (κ2) is 4.71. The van der Waals surface area contributed by atoms with Gasteiger partial charge >= 0.3 is 0 Å². The molecular formula is C11H18ClN3. The number of aromatic nitrogens is 1. The van der Waals surface area contributed by atoms with E-state index < -0.39 is 0 Å². The summed E-state index contributed by atoms with van der Waals surface area (Å²) in [6.07, 6.45) is 0. The van der Waals surface area contributed by atoms with Crippen molar-refractivity contribution in [2.75, 3.05) is 17.2 Å². The van der Waals surface area contributed by atoms with E-state index in [2.05, 4.69) is 36.4 Å². The number of nitrogens with one attached hydrogen (secondary N) is 2. The molecule has 4 heteroatoms. The highest BCUT2D eigenvalue weighted by Crippen LogP contribution is 2.20. The van der Waals surface area contributed by atoms with Crippen LogP contribution in [-0.2, 0) is 0 Å². The summed E-state index contributed by atoms with van der Waals surface area (Å²) in [4.78, 5) is 4.40. The van der Waals surface area contributed by atoms with E-state index >= 15 is 0 Å². The third-order valence-corrected chi connectivity index (χ3v) is 1.87. The van der Waals surface area contributed by atoms with Gasteiger partial charge in [-0.2, -0.15) is 0 Å². The van der Waals surface area contributed by atoms with Crippen LogP contribution in [0.1, 0.15) is 27.7 Å². The van der Waals surface area contributed by atoms with Crippen molar-refractivity contribution >= 4 is 23.2 Å². The van der Waals surface area contributed by atoms with Gasteiger partial charge in [-0.15, -0.1) is 0 Å². The summed E-state index contributed by atoms with van der Waals surface area (Å²) < 4.78 is 0. The second-order valence-corrected chi connectivity index (χ2v) is 4.90. The molecule has 0 saturated heterocycles. The highest BCUT2D eigenvalue weighted by Gasteiger charge is 2.11. The summed E-state index contributed by atoms with van der Waals surface area (Å²) in [7, 11) is 0. The fourth-order valence-corrected chi connectivity index (χ4v) is 1.42. The van der Waals surface area contributed by atoms with Crippen molar-refractivity contribution in [1.29, 1.82) is 0 Å². The largest absolute Gasteiger partial charge is 0.370 e. The summed E-state index contributed by atoms with van der Waals surface area (Å²) in [6.45, 7) is 9.12. The van der Waals surface area contributed by atoms with Gasteiger partial charge in [0.05, 0.1) is 0 Å². The van der Waals surface area contributed by atoms with Crippen LogP contribution in [0.3, 0.4) is 0 Å². The molecular weight excluding hydrogens is 210 g/mol. The van der Waals surface area contributed by atoms with Crippen LogP contribution in [0.2, 0.25) is 5.02 Å². The molecule has 1 heterocycles. The van der Waals surface area contributed by atoms with Gasteiger partial charge in [-0.25, -0.2) is 4.98 Å². The van der Waals surface area contributed by atoms with Gasteiger partial charge in [-0.05, 0) is 39.8 Å².